The Morgan fingerprint density at radius 2 is 2.30 bits per heavy atom. The summed E-state index contributed by atoms with van der Waals surface area (Å²) in [7, 11) is 1.66. The van der Waals surface area contributed by atoms with E-state index in [1.165, 1.54) is 0 Å². The maximum absolute atomic E-state index is 6.06. The van der Waals surface area contributed by atoms with Gasteiger partial charge < -0.3 is 19.5 Å². The van der Waals surface area contributed by atoms with Gasteiger partial charge in [-0.25, -0.2) is 9.98 Å². The zero-order valence-corrected chi connectivity index (χ0v) is 17.0. The molecular formula is C20H28ClN5O. The predicted molar refractivity (Wildman–Crippen MR) is 109 cm³/mol. The molecule has 1 aliphatic heterocycles. The van der Waals surface area contributed by atoms with Gasteiger partial charge in [-0.1, -0.05) is 24.6 Å². The summed E-state index contributed by atoms with van der Waals surface area (Å²) < 4.78 is 7.66. The number of aromatic nitrogens is 2. The lowest BCUT2D eigenvalue weighted by atomic mass is 9.93. The van der Waals surface area contributed by atoms with Crippen molar-refractivity contribution in [2.24, 2.45) is 10.9 Å². The molecule has 1 aliphatic rings. The van der Waals surface area contributed by atoms with Crippen LogP contribution in [0.1, 0.15) is 31.9 Å². The number of hydrogen-bond acceptors (Lipinski definition) is 3. The van der Waals surface area contributed by atoms with Crippen LogP contribution < -0.4 is 10.1 Å². The van der Waals surface area contributed by atoms with Gasteiger partial charge in [0.15, 0.2) is 5.96 Å². The highest BCUT2D eigenvalue weighted by Gasteiger charge is 2.28. The lowest BCUT2D eigenvalue weighted by Crippen LogP contribution is -2.49. The third-order valence-electron chi connectivity index (χ3n) is 5.11. The molecule has 146 valence electrons. The summed E-state index contributed by atoms with van der Waals surface area (Å²) in [5.41, 5.74) is 1.02. The summed E-state index contributed by atoms with van der Waals surface area (Å²) in [5.74, 6) is 2.31. The fourth-order valence-electron chi connectivity index (χ4n) is 3.53. The number of piperidine rings is 1. The molecular weight excluding hydrogens is 362 g/mol. The first-order chi connectivity index (χ1) is 13.1. The van der Waals surface area contributed by atoms with Crippen LogP contribution in [0.2, 0.25) is 5.02 Å². The maximum atomic E-state index is 6.06. The molecule has 1 aromatic carbocycles. The van der Waals surface area contributed by atoms with Crippen molar-refractivity contribution in [3.63, 3.8) is 0 Å². The molecule has 2 heterocycles. The number of rotatable bonds is 5. The molecule has 0 aliphatic carbocycles. The molecule has 3 rings (SSSR count). The first-order valence-electron chi connectivity index (χ1n) is 9.45. The van der Waals surface area contributed by atoms with Crippen molar-refractivity contribution in [2.45, 2.75) is 32.9 Å². The SMILES string of the molecule is CCNC(=NCc1ccc(Cl)cc1OC)N1CCC(C)C(n2ccnc2)C1. The zero-order chi connectivity index (χ0) is 19.2. The van der Waals surface area contributed by atoms with Crippen molar-refractivity contribution in [3.05, 3.63) is 47.5 Å². The Hall–Kier alpha value is -2.21. The molecule has 7 heteroatoms. The van der Waals surface area contributed by atoms with Crippen molar-refractivity contribution in [1.29, 1.82) is 0 Å². The van der Waals surface area contributed by atoms with Crippen LogP contribution in [0.5, 0.6) is 5.75 Å². The van der Waals surface area contributed by atoms with Gasteiger partial charge in [0.1, 0.15) is 5.75 Å². The number of imidazole rings is 1. The van der Waals surface area contributed by atoms with Gasteiger partial charge in [0.2, 0.25) is 0 Å². The topological polar surface area (TPSA) is 54.7 Å². The summed E-state index contributed by atoms with van der Waals surface area (Å²) in [6, 6.07) is 6.08. The predicted octanol–water partition coefficient (Wildman–Crippen LogP) is 3.59. The van der Waals surface area contributed by atoms with Crippen LogP contribution in [0.15, 0.2) is 41.9 Å². The third kappa shape index (κ3) is 4.75. The molecule has 0 amide bonds. The summed E-state index contributed by atoms with van der Waals surface area (Å²) in [6.45, 7) is 7.70. The Bertz CT molecular complexity index is 762. The molecule has 0 saturated carbocycles. The van der Waals surface area contributed by atoms with E-state index in [1.54, 1.807) is 7.11 Å². The monoisotopic (exact) mass is 389 g/mol. The van der Waals surface area contributed by atoms with Crippen LogP contribution in [0, 0.1) is 5.92 Å². The molecule has 0 spiro atoms. The molecule has 0 bridgehead atoms. The van der Waals surface area contributed by atoms with E-state index in [2.05, 4.69) is 33.6 Å². The van der Waals surface area contributed by atoms with Crippen molar-refractivity contribution < 1.29 is 4.74 Å². The van der Waals surface area contributed by atoms with Gasteiger partial charge in [-0.2, -0.15) is 0 Å². The lowest BCUT2D eigenvalue weighted by Gasteiger charge is -2.39. The van der Waals surface area contributed by atoms with Gasteiger partial charge in [-0.05, 0) is 31.4 Å². The van der Waals surface area contributed by atoms with Gasteiger partial charge >= 0.3 is 0 Å². The van der Waals surface area contributed by atoms with Crippen molar-refractivity contribution in [1.82, 2.24) is 19.8 Å². The van der Waals surface area contributed by atoms with Crippen LogP contribution in [0.3, 0.4) is 0 Å². The van der Waals surface area contributed by atoms with Gasteiger partial charge in [-0.3, -0.25) is 0 Å². The number of aliphatic imine (C=N–C) groups is 1. The van der Waals surface area contributed by atoms with Crippen molar-refractivity contribution in [2.75, 3.05) is 26.7 Å². The van der Waals surface area contributed by atoms with Gasteiger partial charge in [0.05, 0.1) is 26.0 Å². The van der Waals surface area contributed by atoms with Crippen molar-refractivity contribution in [3.8, 4) is 5.75 Å². The van der Waals surface area contributed by atoms with E-state index in [9.17, 15) is 0 Å². The van der Waals surface area contributed by atoms with Gasteiger partial charge in [0.25, 0.3) is 0 Å². The number of likely N-dealkylation sites (tertiary alicyclic amines) is 1. The highest BCUT2D eigenvalue weighted by atomic mass is 35.5. The fraction of sp³-hybridized carbons (Fsp3) is 0.500. The molecule has 27 heavy (non-hydrogen) atoms. The Balaban J connectivity index is 1.77. The Labute approximate surface area is 166 Å². The van der Waals surface area contributed by atoms with Crippen LogP contribution in [0.25, 0.3) is 0 Å². The van der Waals surface area contributed by atoms with E-state index in [4.69, 9.17) is 21.3 Å². The second kappa shape index (κ2) is 9.13. The lowest BCUT2D eigenvalue weighted by molar-refractivity contribution is 0.189. The standard InChI is InChI=1S/C20H28ClN5O/c1-4-23-20(24-12-16-5-6-17(21)11-19(16)27-3)25-9-7-15(2)18(13-25)26-10-8-22-14-26/h5-6,8,10-11,14-15,18H,4,7,9,12-13H2,1-3H3,(H,23,24). The molecule has 1 fully saturated rings. The first-order valence-corrected chi connectivity index (χ1v) is 9.83. The number of ether oxygens (including phenoxy) is 1. The molecule has 1 saturated heterocycles. The van der Waals surface area contributed by atoms with Crippen LogP contribution in [0.4, 0.5) is 0 Å². The minimum Gasteiger partial charge on any atom is -0.496 e. The fourth-order valence-corrected chi connectivity index (χ4v) is 3.69. The number of methoxy groups -OCH3 is 1. The van der Waals surface area contributed by atoms with E-state index >= 15 is 0 Å². The van der Waals surface area contributed by atoms with Gasteiger partial charge in [-0.15, -0.1) is 0 Å². The molecule has 6 nitrogen and oxygen atoms in total. The quantitative estimate of drug-likeness (QED) is 0.627. The average molecular weight is 390 g/mol. The largest absolute Gasteiger partial charge is 0.496 e. The number of nitrogens with one attached hydrogen (secondary N) is 1. The molecule has 2 atom stereocenters. The van der Waals surface area contributed by atoms with Crippen LogP contribution in [-0.4, -0.2) is 47.2 Å². The summed E-state index contributed by atoms with van der Waals surface area (Å²) in [4.78, 5) is 11.4. The highest BCUT2D eigenvalue weighted by Crippen LogP contribution is 2.28. The Morgan fingerprint density at radius 1 is 1.44 bits per heavy atom. The summed E-state index contributed by atoms with van der Waals surface area (Å²) in [5, 5.41) is 4.10. The molecule has 0 radical (unpaired) electrons. The number of benzene rings is 1. The second-order valence-electron chi connectivity index (χ2n) is 6.92. The normalized spacial score (nSPS) is 20.6. The third-order valence-corrected chi connectivity index (χ3v) is 5.34. The van der Waals surface area contributed by atoms with E-state index in [-0.39, 0.29) is 0 Å². The number of nitrogens with zero attached hydrogens (tertiary/aromatic N) is 4. The van der Waals surface area contributed by atoms with E-state index < -0.39 is 0 Å². The van der Waals surface area contributed by atoms with E-state index in [1.807, 2.05) is 36.9 Å². The molecule has 2 aromatic rings. The van der Waals surface area contributed by atoms with E-state index in [0.717, 1.165) is 43.3 Å². The maximum Gasteiger partial charge on any atom is 0.194 e. The molecule has 1 aromatic heterocycles. The number of halogens is 1. The van der Waals surface area contributed by atoms with Crippen molar-refractivity contribution >= 4 is 17.6 Å². The van der Waals surface area contributed by atoms with Crippen LogP contribution in [-0.2, 0) is 6.54 Å². The second-order valence-corrected chi connectivity index (χ2v) is 7.35. The summed E-state index contributed by atoms with van der Waals surface area (Å²) in [6.07, 6.45) is 6.93. The number of guanidine groups is 1. The molecule has 1 N–H and O–H groups in total. The smallest absolute Gasteiger partial charge is 0.194 e. The van der Waals surface area contributed by atoms with Gasteiger partial charge in [0, 0.05) is 42.6 Å². The first kappa shape index (κ1) is 19.5. The average Bonchev–Trinajstić information content (AvgIpc) is 3.21. The number of hydrogen-bond donors (Lipinski definition) is 1. The summed E-state index contributed by atoms with van der Waals surface area (Å²) >= 11 is 6.06. The Morgan fingerprint density at radius 3 is 3.00 bits per heavy atom. The highest BCUT2D eigenvalue weighted by molar-refractivity contribution is 6.30. The zero-order valence-electron chi connectivity index (χ0n) is 16.2. The minimum atomic E-state index is 0.398. The van der Waals surface area contributed by atoms with E-state index in [0.29, 0.717) is 23.5 Å². The van der Waals surface area contributed by atoms with Crippen LogP contribution >= 0.6 is 11.6 Å². The minimum absolute atomic E-state index is 0.398. The molecule has 2 unspecified atom stereocenters. The Kier molecular flexibility index (Phi) is 6.61.